The van der Waals surface area contributed by atoms with Crippen molar-refractivity contribution in [3.05, 3.63) is 34.9 Å². The van der Waals surface area contributed by atoms with Gasteiger partial charge < -0.3 is 0 Å². The van der Waals surface area contributed by atoms with Crippen LogP contribution in [-0.2, 0) is 0 Å². The summed E-state index contributed by atoms with van der Waals surface area (Å²) in [4.78, 5) is 0. The van der Waals surface area contributed by atoms with Crippen LogP contribution in [0.25, 0.3) is 0 Å². The van der Waals surface area contributed by atoms with E-state index in [2.05, 4.69) is 0 Å². The molecule has 1 aromatic rings. The molecule has 1 aliphatic rings. The largest absolute Gasteiger partial charge is 0.251 e. The summed E-state index contributed by atoms with van der Waals surface area (Å²) in [5.41, 5.74) is 1.11. The van der Waals surface area contributed by atoms with Crippen molar-refractivity contribution in [2.75, 3.05) is 0 Å². The van der Waals surface area contributed by atoms with E-state index in [1.165, 1.54) is 12.1 Å². The van der Waals surface area contributed by atoms with Gasteiger partial charge in [-0.3, -0.25) is 5.32 Å². The predicted molar refractivity (Wildman–Crippen MR) is 46.9 cm³/mol. The van der Waals surface area contributed by atoms with Gasteiger partial charge in [0.25, 0.3) is 0 Å². The number of benzene rings is 1. The molecule has 1 N–H and O–H groups in total. The minimum absolute atomic E-state index is 0.115. The third-order valence-electron chi connectivity index (χ3n) is 2.37. The zero-order valence-corrected chi connectivity index (χ0v) is 7.60. The lowest BCUT2D eigenvalue weighted by molar-refractivity contribution is 0.0703. The summed E-state index contributed by atoms with van der Waals surface area (Å²) < 4.78 is 39.4. The summed E-state index contributed by atoms with van der Waals surface area (Å²) in [5.74, 6) is 0. The van der Waals surface area contributed by atoms with E-state index in [0.717, 1.165) is 5.56 Å². The number of rotatable bonds is 0. The van der Waals surface area contributed by atoms with Gasteiger partial charge >= 0.3 is 0 Å². The second-order valence-corrected chi connectivity index (χ2v) is 3.47. The Morgan fingerprint density at radius 3 is 2.57 bits per heavy atom. The zero-order valence-electron chi connectivity index (χ0n) is 7.60. The summed E-state index contributed by atoms with van der Waals surface area (Å²) in [6, 6.07) is 4.65. The lowest BCUT2D eigenvalue weighted by Crippen LogP contribution is -2.36. The van der Waals surface area contributed by atoms with Gasteiger partial charge in [0.1, 0.15) is 0 Å². The van der Waals surface area contributed by atoms with Crippen LogP contribution in [0.4, 0.5) is 13.2 Å². The second-order valence-electron chi connectivity index (χ2n) is 3.47. The summed E-state index contributed by atoms with van der Waals surface area (Å²) in [6.45, 7) is 1.76. The Bertz CT molecular complexity index is 353. The monoisotopic (exact) mass is 201 g/mol. The van der Waals surface area contributed by atoms with Crippen LogP contribution in [-0.4, -0.2) is 6.30 Å². The standard InChI is InChI=1S/C10H10F3N/c1-5-2-3-6-7(4-5)8(11)10(13)14-9(6)12/h2-4,8-10,14H,1H3. The number of halogens is 3. The van der Waals surface area contributed by atoms with Crippen molar-refractivity contribution in [1.29, 1.82) is 0 Å². The molecule has 0 saturated carbocycles. The van der Waals surface area contributed by atoms with Crippen LogP contribution in [0.15, 0.2) is 18.2 Å². The first-order chi connectivity index (χ1) is 6.59. The Labute approximate surface area is 79.9 Å². The van der Waals surface area contributed by atoms with Crippen LogP contribution < -0.4 is 5.32 Å². The molecule has 0 aliphatic carbocycles. The highest BCUT2D eigenvalue weighted by molar-refractivity contribution is 5.36. The molecule has 0 saturated heterocycles. The van der Waals surface area contributed by atoms with Crippen molar-refractivity contribution in [2.24, 2.45) is 0 Å². The summed E-state index contributed by atoms with van der Waals surface area (Å²) in [6.07, 6.45) is -5.36. The maximum atomic E-state index is 13.3. The highest BCUT2D eigenvalue weighted by atomic mass is 19.2. The maximum Gasteiger partial charge on any atom is 0.189 e. The molecule has 0 amide bonds. The molecule has 0 fully saturated rings. The van der Waals surface area contributed by atoms with E-state index in [1.54, 1.807) is 13.0 Å². The number of hydrogen-bond donors (Lipinski definition) is 1. The van der Waals surface area contributed by atoms with E-state index in [9.17, 15) is 13.2 Å². The number of nitrogens with one attached hydrogen (secondary N) is 1. The normalized spacial score (nSPS) is 31.3. The van der Waals surface area contributed by atoms with Gasteiger partial charge in [-0.2, -0.15) is 0 Å². The van der Waals surface area contributed by atoms with E-state index >= 15 is 0 Å². The van der Waals surface area contributed by atoms with Crippen LogP contribution in [0.3, 0.4) is 0 Å². The third-order valence-corrected chi connectivity index (χ3v) is 2.37. The van der Waals surface area contributed by atoms with E-state index in [0.29, 0.717) is 0 Å². The number of hydrogen-bond acceptors (Lipinski definition) is 1. The molecule has 0 spiro atoms. The molecule has 76 valence electrons. The second kappa shape index (κ2) is 3.28. The Morgan fingerprint density at radius 1 is 1.14 bits per heavy atom. The lowest BCUT2D eigenvalue weighted by atomic mass is 9.96. The molecular weight excluding hydrogens is 191 g/mol. The molecular formula is C10H10F3N. The molecule has 0 radical (unpaired) electrons. The van der Waals surface area contributed by atoms with Crippen LogP contribution >= 0.6 is 0 Å². The van der Waals surface area contributed by atoms with Crippen molar-refractivity contribution < 1.29 is 13.2 Å². The molecule has 4 heteroatoms. The molecule has 3 atom stereocenters. The summed E-state index contributed by atoms with van der Waals surface area (Å²) >= 11 is 0. The van der Waals surface area contributed by atoms with Crippen molar-refractivity contribution in [3.63, 3.8) is 0 Å². The first-order valence-corrected chi connectivity index (χ1v) is 4.38. The Hall–Kier alpha value is -1.03. The van der Waals surface area contributed by atoms with Gasteiger partial charge in [0.15, 0.2) is 18.8 Å². The molecule has 1 aromatic carbocycles. The molecule has 1 nitrogen and oxygen atoms in total. The van der Waals surface area contributed by atoms with Crippen LogP contribution in [0.1, 0.15) is 29.2 Å². The zero-order chi connectivity index (χ0) is 10.3. The average molecular weight is 201 g/mol. The van der Waals surface area contributed by atoms with E-state index < -0.39 is 18.8 Å². The van der Waals surface area contributed by atoms with Gasteiger partial charge in [-0.15, -0.1) is 0 Å². The Balaban J connectivity index is 2.51. The fourth-order valence-electron chi connectivity index (χ4n) is 1.64. The topological polar surface area (TPSA) is 12.0 Å². The summed E-state index contributed by atoms with van der Waals surface area (Å²) in [7, 11) is 0. The van der Waals surface area contributed by atoms with Gasteiger partial charge in [-0.1, -0.05) is 23.8 Å². The number of fused-ring (bicyclic) bond motifs is 1. The summed E-state index contributed by atoms with van der Waals surface area (Å²) in [5, 5.41) is 1.90. The van der Waals surface area contributed by atoms with Crippen molar-refractivity contribution in [2.45, 2.75) is 25.7 Å². The molecule has 1 aliphatic heterocycles. The first kappa shape index (κ1) is 9.52. The van der Waals surface area contributed by atoms with Crippen molar-refractivity contribution >= 4 is 0 Å². The van der Waals surface area contributed by atoms with Crippen LogP contribution in [0.5, 0.6) is 0 Å². The molecule has 0 bridgehead atoms. The highest BCUT2D eigenvalue weighted by Crippen LogP contribution is 2.36. The number of aryl methyl sites for hydroxylation is 1. The lowest BCUT2D eigenvalue weighted by Gasteiger charge is -2.27. The van der Waals surface area contributed by atoms with Gasteiger partial charge in [0, 0.05) is 5.56 Å². The molecule has 1 heterocycles. The minimum Gasteiger partial charge on any atom is -0.251 e. The average Bonchev–Trinajstić information content (AvgIpc) is 2.14. The highest BCUT2D eigenvalue weighted by Gasteiger charge is 2.34. The van der Waals surface area contributed by atoms with E-state index in [-0.39, 0.29) is 11.1 Å². The Kier molecular flexibility index (Phi) is 2.23. The minimum atomic E-state index is -1.96. The quantitative estimate of drug-likeness (QED) is 0.636. The van der Waals surface area contributed by atoms with Gasteiger partial charge in [0.2, 0.25) is 0 Å². The fourth-order valence-corrected chi connectivity index (χ4v) is 1.64. The van der Waals surface area contributed by atoms with Gasteiger partial charge in [0.05, 0.1) is 0 Å². The maximum absolute atomic E-state index is 13.3. The molecule has 0 aromatic heterocycles. The predicted octanol–water partition coefficient (Wildman–Crippen LogP) is 2.87. The Morgan fingerprint density at radius 2 is 1.86 bits per heavy atom. The van der Waals surface area contributed by atoms with Crippen LogP contribution in [0.2, 0.25) is 0 Å². The molecule has 2 rings (SSSR count). The van der Waals surface area contributed by atoms with Crippen molar-refractivity contribution in [1.82, 2.24) is 5.32 Å². The first-order valence-electron chi connectivity index (χ1n) is 4.38. The smallest absolute Gasteiger partial charge is 0.189 e. The SMILES string of the molecule is Cc1ccc2c(c1)C(F)C(F)NC2F. The van der Waals surface area contributed by atoms with Crippen LogP contribution in [0, 0.1) is 6.92 Å². The van der Waals surface area contributed by atoms with E-state index in [4.69, 9.17) is 0 Å². The third kappa shape index (κ3) is 1.39. The van der Waals surface area contributed by atoms with Crippen molar-refractivity contribution in [3.8, 4) is 0 Å². The van der Waals surface area contributed by atoms with Gasteiger partial charge in [-0.05, 0) is 12.5 Å². The molecule has 3 unspecified atom stereocenters. The molecule has 14 heavy (non-hydrogen) atoms. The number of alkyl halides is 3. The van der Waals surface area contributed by atoms with Gasteiger partial charge in [-0.25, -0.2) is 13.2 Å². The fraction of sp³-hybridized carbons (Fsp3) is 0.400. The van der Waals surface area contributed by atoms with E-state index in [1.807, 2.05) is 5.32 Å².